The highest BCUT2D eigenvalue weighted by Crippen LogP contribution is 2.29. The quantitative estimate of drug-likeness (QED) is 0.608. The summed E-state index contributed by atoms with van der Waals surface area (Å²) in [5.74, 6) is 0. The van der Waals surface area contributed by atoms with E-state index in [0.29, 0.717) is 6.04 Å². The van der Waals surface area contributed by atoms with Crippen LogP contribution in [0.2, 0.25) is 0 Å². The number of hydrogen-bond donors (Lipinski definition) is 0. The first-order chi connectivity index (χ1) is 8.72. The minimum absolute atomic E-state index is 0.570. The average Bonchev–Trinajstić information content (AvgIpc) is 2.66. The van der Waals surface area contributed by atoms with E-state index in [1.54, 1.807) is 0 Å². The number of rotatable bonds is 3. The van der Waals surface area contributed by atoms with Gasteiger partial charge in [0.25, 0.3) is 0 Å². The molecule has 3 heteroatoms. The van der Waals surface area contributed by atoms with Gasteiger partial charge < -0.3 is 4.90 Å². The lowest BCUT2D eigenvalue weighted by Gasteiger charge is -2.30. The Bertz CT molecular complexity index is 411. The zero-order valence-electron chi connectivity index (χ0n) is 10.9. The topological polar surface area (TPSA) is 20.3 Å². The molecule has 0 bridgehead atoms. The van der Waals surface area contributed by atoms with Crippen LogP contribution in [0.5, 0.6) is 0 Å². The van der Waals surface area contributed by atoms with Crippen LogP contribution in [0.4, 0.5) is 5.69 Å². The van der Waals surface area contributed by atoms with Gasteiger partial charge in [0.1, 0.15) is 0 Å². The van der Waals surface area contributed by atoms with Gasteiger partial charge in [0.05, 0.1) is 0 Å². The van der Waals surface area contributed by atoms with E-state index in [0.717, 1.165) is 22.0 Å². The van der Waals surface area contributed by atoms with Gasteiger partial charge in [0, 0.05) is 28.8 Å². The van der Waals surface area contributed by atoms with Gasteiger partial charge in [-0.3, -0.25) is 4.79 Å². The lowest BCUT2D eigenvalue weighted by atomic mass is 10.1. The number of anilines is 1. The van der Waals surface area contributed by atoms with Gasteiger partial charge in [-0.2, -0.15) is 0 Å². The molecule has 0 radical (unpaired) electrons. The van der Waals surface area contributed by atoms with E-state index in [4.69, 9.17) is 0 Å². The number of carbonyl (C=O) groups excluding carboxylic acids is 1. The van der Waals surface area contributed by atoms with Crippen LogP contribution in [0.15, 0.2) is 22.7 Å². The van der Waals surface area contributed by atoms with Crippen LogP contribution in [-0.4, -0.2) is 19.4 Å². The van der Waals surface area contributed by atoms with Crippen molar-refractivity contribution in [3.63, 3.8) is 0 Å². The van der Waals surface area contributed by atoms with Crippen LogP contribution >= 0.6 is 15.9 Å². The maximum atomic E-state index is 11.2. The highest BCUT2D eigenvalue weighted by molar-refractivity contribution is 9.10. The van der Waals surface area contributed by atoms with E-state index in [2.05, 4.69) is 33.9 Å². The van der Waals surface area contributed by atoms with Crippen LogP contribution < -0.4 is 4.90 Å². The summed E-state index contributed by atoms with van der Waals surface area (Å²) in [4.78, 5) is 13.4. The van der Waals surface area contributed by atoms with Crippen molar-refractivity contribution in [1.82, 2.24) is 0 Å². The van der Waals surface area contributed by atoms with Crippen molar-refractivity contribution in [2.24, 2.45) is 0 Å². The number of benzene rings is 1. The predicted octanol–water partition coefficient (Wildman–Crippen LogP) is 4.42. The molecule has 1 aliphatic rings. The van der Waals surface area contributed by atoms with Crippen molar-refractivity contribution in [3.05, 3.63) is 28.2 Å². The fraction of sp³-hybridized carbons (Fsp3) is 0.533. The molecule has 0 heterocycles. The van der Waals surface area contributed by atoms with Gasteiger partial charge >= 0.3 is 0 Å². The maximum Gasteiger partial charge on any atom is 0.152 e. The first-order valence-corrected chi connectivity index (χ1v) is 7.49. The van der Waals surface area contributed by atoms with Crippen molar-refractivity contribution < 1.29 is 4.79 Å². The monoisotopic (exact) mass is 309 g/mol. The summed E-state index contributed by atoms with van der Waals surface area (Å²) < 4.78 is 1.03. The van der Waals surface area contributed by atoms with Crippen LogP contribution in [0, 0.1) is 0 Å². The van der Waals surface area contributed by atoms with Crippen molar-refractivity contribution in [2.45, 2.75) is 44.6 Å². The van der Waals surface area contributed by atoms with Gasteiger partial charge in [-0.1, -0.05) is 41.6 Å². The summed E-state index contributed by atoms with van der Waals surface area (Å²) in [5.41, 5.74) is 1.83. The minimum Gasteiger partial charge on any atom is -0.371 e. The first kappa shape index (κ1) is 13.6. The smallest absolute Gasteiger partial charge is 0.152 e. The summed E-state index contributed by atoms with van der Waals surface area (Å²) in [6.07, 6.45) is 8.74. The molecule has 0 aromatic heterocycles. The van der Waals surface area contributed by atoms with E-state index < -0.39 is 0 Å². The Labute approximate surface area is 117 Å². The first-order valence-electron chi connectivity index (χ1n) is 6.70. The summed E-state index contributed by atoms with van der Waals surface area (Å²) in [6, 6.07) is 6.43. The van der Waals surface area contributed by atoms with Gasteiger partial charge in [-0.15, -0.1) is 0 Å². The average molecular weight is 310 g/mol. The Hall–Kier alpha value is -0.830. The fourth-order valence-electron chi connectivity index (χ4n) is 2.76. The lowest BCUT2D eigenvalue weighted by Crippen LogP contribution is -2.31. The van der Waals surface area contributed by atoms with E-state index in [-0.39, 0.29) is 0 Å². The van der Waals surface area contributed by atoms with Gasteiger partial charge in [0.2, 0.25) is 0 Å². The zero-order chi connectivity index (χ0) is 13.0. The number of nitrogens with zero attached hydrogens (tertiary/aromatic N) is 1. The lowest BCUT2D eigenvalue weighted by molar-refractivity contribution is 0.112. The molecule has 1 fully saturated rings. The van der Waals surface area contributed by atoms with Crippen molar-refractivity contribution in [2.75, 3.05) is 11.9 Å². The standard InChI is InChI=1S/C15H20BrNO/c1-17(14-6-4-2-3-5-7-14)15-10-13(16)9-8-12(15)11-18/h8-11,14H,2-7H2,1H3. The SMILES string of the molecule is CN(c1cc(Br)ccc1C=O)C1CCCCCC1. The molecule has 1 aromatic carbocycles. The molecule has 1 aliphatic carbocycles. The number of aldehydes is 1. The normalized spacial score (nSPS) is 17.2. The number of hydrogen-bond acceptors (Lipinski definition) is 2. The van der Waals surface area contributed by atoms with Crippen LogP contribution in [0.25, 0.3) is 0 Å². The number of carbonyl (C=O) groups is 1. The molecule has 1 aromatic rings. The summed E-state index contributed by atoms with van der Waals surface area (Å²) >= 11 is 3.49. The van der Waals surface area contributed by atoms with Gasteiger partial charge in [0.15, 0.2) is 6.29 Å². The number of halogens is 1. The highest BCUT2D eigenvalue weighted by Gasteiger charge is 2.19. The van der Waals surface area contributed by atoms with E-state index in [1.807, 2.05) is 12.1 Å². The Morgan fingerprint density at radius 1 is 1.22 bits per heavy atom. The second-order valence-corrected chi connectivity index (χ2v) is 5.99. The molecule has 0 unspecified atom stereocenters. The summed E-state index contributed by atoms with van der Waals surface area (Å²) in [5, 5.41) is 0. The van der Waals surface area contributed by atoms with E-state index in [9.17, 15) is 4.79 Å². The van der Waals surface area contributed by atoms with E-state index >= 15 is 0 Å². The third-order valence-electron chi connectivity index (χ3n) is 3.87. The molecular weight excluding hydrogens is 290 g/mol. The molecule has 98 valence electrons. The van der Waals surface area contributed by atoms with Crippen LogP contribution in [-0.2, 0) is 0 Å². The molecule has 0 spiro atoms. The Morgan fingerprint density at radius 3 is 2.50 bits per heavy atom. The highest BCUT2D eigenvalue weighted by atomic mass is 79.9. The second-order valence-electron chi connectivity index (χ2n) is 5.08. The summed E-state index contributed by atoms with van der Waals surface area (Å²) in [6.45, 7) is 0. The molecule has 0 N–H and O–H groups in total. The molecule has 18 heavy (non-hydrogen) atoms. The maximum absolute atomic E-state index is 11.2. The molecule has 0 aliphatic heterocycles. The van der Waals surface area contributed by atoms with Gasteiger partial charge in [-0.05, 0) is 31.0 Å². The largest absolute Gasteiger partial charge is 0.371 e. The Morgan fingerprint density at radius 2 is 1.89 bits per heavy atom. The van der Waals surface area contributed by atoms with Crippen LogP contribution in [0.1, 0.15) is 48.9 Å². The summed E-state index contributed by atoms with van der Waals surface area (Å²) in [7, 11) is 2.12. The van der Waals surface area contributed by atoms with E-state index in [1.165, 1.54) is 38.5 Å². The molecule has 2 rings (SSSR count). The third kappa shape index (κ3) is 3.14. The fourth-order valence-corrected chi connectivity index (χ4v) is 3.11. The van der Waals surface area contributed by atoms with Crippen LogP contribution in [0.3, 0.4) is 0 Å². The predicted molar refractivity (Wildman–Crippen MR) is 79.4 cm³/mol. The third-order valence-corrected chi connectivity index (χ3v) is 4.37. The molecule has 0 amide bonds. The van der Waals surface area contributed by atoms with Gasteiger partial charge in [-0.25, -0.2) is 0 Å². The molecule has 0 saturated heterocycles. The minimum atomic E-state index is 0.570. The van der Waals surface area contributed by atoms with Crippen molar-refractivity contribution >= 4 is 27.9 Å². The Kier molecular flexibility index (Phi) is 4.81. The zero-order valence-corrected chi connectivity index (χ0v) is 12.4. The second kappa shape index (κ2) is 6.37. The van der Waals surface area contributed by atoms with Crippen molar-refractivity contribution in [3.8, 4) is 0 Å². The molecular formula is C15H20BrNO. The molecule has 1 saturated carbocycles. The Balaban J connectivity index is 2.23. The molecule has 0 atom stereocenters. The van der Waals surface area contributed by atoms with Crippen molar-refractivity contribution in [1.29, 1.82) is 0 Å². The molecule has 2 nitrogen and oxygen atoms in total.